The number of rotatable bonds is 53. The third-order valence-corrected chi connectivity index (χ3v) is 12.9. The van der Waals surface area contributed by atoms with Gasteiger partial charge in [-0.05, 0) is 116 Å². The van der Waals surface area contributed by atoms with Crippen molar-refractivity contribution >= 4 is 25.7 Å². The fourth-order valence-corrected chi connectivity index (χ4v) is 8.32. The molecule has 0 aromatic heterocycles. The molecule has 3 atom stereocenters. The van der Waals surface area contributed by atoms with Crippen molar-refractivity contribution in [2.75, 3.05) is 26.4 Å². The first kappa shape index (κ1) is 70.4. The topological polar surface area (TPSA) is 155 Å². The Morgan fingerprint density at radius 1 is 0.392 bits per heavy atom. The molecule has 11 nitrogen and oxygen atoms in total. The van der Waals surface area contributed by atoms with E-state index in [1.165, 1.54) is 38.5 Å². The van der Waals surface area contributed by atoms with Gasteiger partial charge in [0.25, 0.3) is 0 Å². The molecular formula is C62H105O11P. The highest BCUT2D eigenvalue weighted by Gasteiger charge is 2.28. The Morgan fingerprint density at radius 2 is 0.730 bits per heavy atom. The molecule has 0 saturated carbocycles. The van der Waals surface area contributed by atoms with Crippen molar-refractivity contribution in [2.45, 2.75) is 251 Å². The van der Waals surface area contributed by atoms with Crippen LogP contribution in [0.2, 0.25) is 0 Å². The Kier molecular flexibility index (Phi) is 52.9. The number of aliphatic hydroxyl groups excluding tert-OH is 1. The van der Waals surface area contributed by atoms with E-state index in [4.69, 9.17) is 23.3 Å². The van der Waals surface area contributed by atoms with E-state index in [2.05, 4.69) is 118 Å². The first-order chi connectivity index (χ1) is 36.2. The highest BCUT2D eigenvalue weighted by atomic mass is 31.2. The van der Waals surface area contributed by atoms with Crippen LogP contribution in [0.4, 0.5) is 0 Å². The average Bonchev–Trinajstić information content (AvgIpc) is 3.39. The fourth-order valence-electron chi connectivity index (χ4n) is 7.53. The molecule has 0 aromatic rings. The second-order valence-corrected chi connectivity index (χ2v) is 20.5. The summed E-state index contributed by atoms with van der Waals surface area (Å²) in [6, 6.07) is 0. The third kappa shape index (κ3) is 53.2. The number of carbonyl (C=O) groups excluding carboxylic acids is 3. The zero-order valence-corrected chi connectivity index (χ0v) is 47.7. The Bertz CT molecular complexity index is 1610. The van der Waals surface area contributed by atoms with E-state index in [-0.39, 0.29) is 25.9 Å². The van der Waals surface area contributed by atoms with Crippen molar-refractivity contribution in [3.05, 3.63) is 97.2 Å². The molecular weight excluding hydrogens is 952 g/mol. The summed E-state index contributed by atoms with van der Waals surface area (Å²) in [7, 11) is -4.77. The standard InChI is InChI=1S/C62H105O11P/c1-4-7-10-13-16-19-22-25-27-28-29-30-32-35-38-41-44-47-50-53-62(66)73-59(55-69-60(64)51-48-45-42-39-36-34-31-26-23-20-17-14-11-8-5-2)57-71-74(67,68)70-56-58(54-63)72-61(65)52-49-46-43-40-37-33-24-21-18-15-12-9-6-3/h7,10,12,15-16,19,21,24-27,29-31,35,38,58-59,63H,4-6,8-9,11,13-14,17-18,20,22-23,28,32-34,36-37,39-57H2,1-3H3,(H,67,68)/b10-7-,15-12-,19-16-,24-21-,27-25-,30-29-,31-26-,38-35-. The number of carbonyl (C=O) groups is 3. The van der Waals surface area contributed by atoms with E-state index in [0.717, 1.165) is 141 Å². The number of esters is 3. The van der Waals surface area contributed by atoms with E-state index in [9.17, 15) is 28.9 Å². The zero-order chi connectivity index (χ0) is 54.1. The van der Waals surface area contributed by atoms with E-state index in [0.29, 0.717) is 19.3 Å². The molecule has 0 heterocycles. The molecule has 0 radical (unpaired) electrons. The van der Waals surface area contributed by atoms with Crippen LogP contribution < -0.4 is 0 Å². The summed E-state index contributed by atoms with van der Waals surface area (Å²) in [5.74, 6) is -1.53. The Balaban J connectivity index is 4.82. The summed E-state index contributed by atoms with van der Waals surface area (Å²) >= 11 is 0. The summed E-state index contributed by atoms with van der Waals surface area (Å²) in [5.41, 5.74) is 0. The van der Waals surface area contributed by atoms with Crippen LogP contribution in [-0.4, -0.2) is 66.5 Å². The van der Waals surface area contributed by atoms with Crippen LogP contribution in [0.1, 0.15) is 239 Å². The van der Waals surface area contributed by atoms with Crippen LogP contribution in [0.5, 0.6) is 0 Å². The molecule has 3 unspecified atom stereocenters. The van der Waals surface area contributed by atoms with Crippen LogP contribution >= 0.6 is 7.82 Å². The zero-order valence-electron chi connectivity index (χ0n) is 46.8. The second-order valence-electron chi connectivity index (χ2n) is 19.1. The average molecular weight is 1060 g/mol. The predicted octanol–water partition coefficient (Wildman–Crippen LogP) is 17.3. The van der Waals surface area contributed by atoms with Crippen LogP contribution in [0.25, 0.3) is 0 Å². The van der Waals surface area contributed by atoms with E-state index in [1.54, 1.807) is 0 Å². The molecule has 0 aliphatic carbocycles. The van der Waals surface area contributed by atoms with Gasteiger partial charge in [-0.3, -0.25) is 23.4 Å². The lowest BCUT2D eigenvalue weighted by molar-refractivity contribution is -0.161. The van der Waals surface area contributed by atoms with Gasteiger partial charge in [-0.25, -0.2) is 4.57 Å². The first-order valence-electron chi connectivity index (χ1n) is 29.1. The van der Waals surface area contributed by atoms with Crippen molar-refractivity contribution in [1.82, 2.24) is 0 Å². The van der Waals surface area contributed by atoms with E-state index < -0.39 is 57.8 Å². The van der Waals surface area contributed by atoms with Gasteiger partial charge in [-0.1, -0.05) is 201 Å². The smallest absolute Gasteiger partial charge is 0.462 e. The number of hydrogen-bond donors (Lipinski definition) is 2. The summed E-state index contributed by atoms with van der Waals surface area (Å²) in [6.45, 7) is 4.39. The van der Waals surface area contributed by atoms with Gasteiger partial charge in [0.2, 0.25) is 0 Å². The van der Waals surface area contributed by atoms with Gasteiger partial charge in [-0.2, -0.15) is 0 Å². The van der Waals surface area contributed by atoms with Crippen LogP contribution in [0.3, 0.4) is 0 Å². The van der Waals surface area contributed by atoms with E-state index in [1.807, 2.05) is 0 Å². The summed E-state index contributed by atoms with van der Waals surface area (Å²) in [6.07, 6.45) is 65.1. The predicted molar refractivity (Wildman–Crippen MR) is 307 cm³/mol. The molecule has 0 rings (SSSR count). The summed E-state index contributed by atoms with van der Waals surface area (Å²) in [5, 5.41) is 9.81. The first-order valence-corrected chi connectivity index (χ1v) is 30.6. The second kappa shape index (κ2) is 55.6. The molecule has 0 spiro atoms. The number of allylic oxidation sites excluding steroid dienone is 16. The molecule has 74 heavy (non-hydrogen) atoms. The quantitative estimate of drug-likeness (QED) is 0.0197. The number of ether oxygens (including phenoxy) is 3. The van der Waals surface area contributed by atoms with Crippen LogP contribution in [0, 0.1) is 0 Å². The van der Waals surface area contributed by atoms with Crippen molar-refractivity contribution < 1.29 is 52.2 Å². The number of unbranched alkanes of at least 4 members (excludes halogenated alkanes) is 20. The lowest BCUT2D eigenvalue weighted by Gasteiger charge is -2.21. The molecule has 0 saturated heterocycles. The lowest BCUT2D eigenvalue weighted by atomic mass is 10.1. The van der Waals surface area contributed by atoms with Crippen molar-refractivity contribution in [3.63, 3.8) is 0 Å². The Labute approximate surface area is 451 Å². The highest BCUT2D eigenvalue weighted by molar-refractivity contribution is 7.47. The van der Waals surface area contributed by atoms with Gasteiger partial charge >= 0.3 is 25.7 Å². The molecule has 0 amide bonds. The minimum absolute atomic E-state index is 0.122. The third-order valence-electron chi connectivity index (χ3n) is 11.9. The van der Waals surface area contributed by atoms with Gasteiger partial charge in [0.15, 0.2) is 6.10 Å². The largest absolute Gasteiger partial charge is 0.472 e. The SMILES string of the molecule is CC/C=C\C/C=C\C/C=C\C/C=C\C/C=C\CCCCCC(=O)OC(COC(=O)CCCCCCC/C=C\CCCCCCCC)COP(=O)(O)OCC(CO)OC(=O)CCCCCCC/C=C\C/C=C\CCC. The molecule has 0 aliphatic heterocycles. The number of hydrogen-bond acceptors (Lipinski definition) is 10. The van der Waals surface area contributed by atoms with Gasteiger partial charge < -0.3 is 24.2 Å². The van der Waals surface area contributed by atoms with Crippen molar-refractivity contribution in [3.8, 4) is 0 Å². The number of aliphatic hydroxyl groups is 1. The maximum Gasteiger partial charge on any atom is 0.472 e. The van der Waals surface area contributed by atoms with Gasteiger partial charge in [0.05, 0.1) is 19.8 Å². The van der Waals surface area contributed by atoms with Crippen LogP contribution in [-0.2, 0) is 42.2 Å². The maximum atomic E-state index is 12.9. The minimum Gasteiger partial charge on any atom is -0.462 e. The molecule has 0 aromatic carbocycles. The van der Waals surface area contributed by atoms with Gasteiger partial charge in [0, 0.05) is 19.3 Å². The number of phosphoric ester groups is 1. The lowest BCUT2D eigenvalue weighted by Crippen LogP contribution is -2.30. The summed E-state index contributed by atoms with van der Waals surface area (Å²) in [4.78, 5) is 48.5. The summed E-state index contributed by atoms with van der Waals surface area (Å²) < 4.78 is 39.5. The molecule has 0 bridgehead atoms. The van der Waals surface area contributed by atoms with Crippen molar-refractivity contribution in [1.29, 1.82) is 0 Å². The minimum atomic E-state index is -4.77. The molecule has 0 aliphatic rings. The fraction of sp³-hybridized carbons (Fsp3) is 0.694. The maximum absolute atomic E-state index is 12.9. The van der Waals surface area contributed by atoms with E-state index >= 15 is 0 Å². The monoisotopic (exact) mass is 1060 g/mol. The molecule has 2 N–H and O–H groups in total. The molecule has 0 fully saturated rings. The van der Waals surface area contributed by atoms with Crippen LogP contribution in [0.15, 0.2) is 97.2 Å². The molecule has 424 valence electrons. The van der Waals surface area contributed by atoms with Gasteiger partial charge in [0.1, 0.15) is 12.7 Å². The van der Waals surface area contributed by atoms with Gasteiger partial charge in [-0.15, -0.1) is 0 Å². The normalized spacial score (nSPS) is 14.1. The Hall–Kier alpha value is -3.60. The molecule has 12 heteroatoms. The number of phosphoric acid groups is 1. The Morgan fingerprint density at radius 3 is 1.16 bits per heavy atom. The van der Waals surface area contributed by atoms with Crippen molar-refractivity contribution in [2.24, 2.45) is 0 Å². The highest BCUT2D eigenvalue weighted by Crippen LogP contribution is 2.43.